The summed E-state index contributed by atoms with van der Waals surface area (Å²) in [6.07, 6.45) is 3.33. The fraction of sp³-hybridized carbons (Fsp3) is 0.538. The van der Waals surface area contributed by atoms with Crippen molar-refractivity contribution in [2.24, 2.45) is 0 Å². The lowest BCUT2D eigenvalue weighted by molar-refractivity contribution is 0.305. The van der Waals surface area contributed by atoms with Crippen LogP contribution in [0.2, 0.25) is 0 Å². The van der Waals surface area contributed by atoms with Gasteiger partial charge in [-0.2, -0.15) is 0 Å². The molecule has 0 bridgehead atoms. The Morgan fingerprint density at radius 3 is 2.53 bits per heavy atom. The Morgan fingerprint density at radius 1 is 1.21 bits per heavy atom. The summed E-state index contributed by atoms with van der Waals surface area (Å²) in [5.41, 5.74) is 1.14. The van der Waals surface area contributed by atoms with Crippen LogP contribution in [0.25, 0.3) is 0 Å². The summed E-state index contributed by atoms with van der Waals surface area (Å²) in [7, 11) is 1.79. The van der Waals surface area contributed by atoms with E-state index in [0.29, 0.717) is 13.0 Å². The minimum absolute atomic E-state index is 0.0569. The van der Waals surface area contributed by atoms with Crippen molar-refractivity contribution in [1.29, 1.82) is 0 Å². The van der Waals surface area contributed by atoms with Gasteiger partial charge in [0, 0.05) is 15.2 Å². The molecule has 1 aromatic rings. The molecule has 1 rings (SSSR count). The molecule has 0 aliphatic heterocycles. The third-order valence-electron chi connectivity index (χ3n) is 2.68. The molecule has 0 aliphatic rings. The fourth-order valence-electron chi connectivity index (χ4n) is 1.63. The largest absolute Gasteiger partial charge is 0.494 e. The zero-order chi connectivity index (χ0) is 14.3. The zero-order valence-electron chi connectivity index (χ0n) is 10.9. The Balaban J connectivity index is 2.12. The van der Waals surface area contributed by atoms with E-state index in [1.807, 2.05) is 25.1 Å². The first-order valence-corrected chi connectivity index (χ1v) is 9.47. The molecule has 0 saturated heterocycles. The van der Waals surface area contributed by atoms with Gasteiger partial charge in [0.25, 0.3) is 0 Å². The van der Waals surface area contributed by atoms with Gasteiger partial charge in [-0.3, -0.25) is 0 Å². The SMILES string of the molecule is Cc1cc(OCCCCCCS(=O)(=O)Cl)ccc1Br. The highest BCUT2D eigenvalue weighted by Crippen LogP contribution is 2.21. The zero-order valence-corrected chi connectivity index (χ0v) is 14.0. The summed E-state index contributed by atoms with van der Waals surface area (Å²) in [5.74, 6) is 0.922. The fourth-order valence-corrected chi connectivity index (χ4v) is 2.75. The van der Waals surface area contributed by atoms with E-state index in [1.165, 1.54) is 0 Å². The van der Waals surface area contributed by atoms with Gasteiger partial charge in [-0.1, -0.05) is 28.8 Å². The van der Waals surface area contributed by atoms with E-state index in [-0.39, 0.29) is 5.75 Å². The van der Waals surface area contributed by atoms with Gasteiger partial charge >= 0.3 is 0 Å². The van der Waals surface area contributed by atoms with Crippen LogP contribution >= 0.6 is 26.6 Å². The van der Waals surface area contributed by atoms with Gasteiger partial charge in [0.05, 0.1) is 12.4 Å². The van der Waals surface area contributed by atoms with E-state index in [1.54, 1.807) is 0 Å². The maximum absolute atomic E-state index is 10.7. The van der Waals surface area contributed by atoms with Gasteiger partial charge in [0.15, 0.2) is 0 Å². The van der Waals surface area contributed by atoms with Crippen molar-refractivity contribution in [3.05, 3.63) is 28.2 Å². The Hall–Kier alpha value is -0.260. The molecular formula is C13H18BrClO3S. The van der Waals surface area contributed by atoms with Crippen LogP contribution in [0.5, 0.6) is 5.75 Å². The van der Waals surface area contributed by atoms with E-state index < -0.39 is 9.05 Å². The van der Waals surface area contributed by atoms with E-state index in [9.17, 15) is 8.42 Å². The maximum atomic E-state index is 10.7. The molecule has 0 aliphatic carbocycles. The molecule has 19 heavy (non-hydrogen) atoms. The Morgan fingerprint density at radius 2 is 1.89 bits per heavy atom. The molecule has 0 aromatic heterocycles. The number of hydrogen-bond donors (Lipinski definition) is 0. The van der Waals surface area contributed by atoms with E-state index in [2.05, 4.69) is 15.9 Å². The molecule has 0 amide bonds. The molecule has 0 atom stereocenters. The van der Waals surface area contributed by atoms with Gasteiger partial charge in [-0.15, -0.1) is 0 Å². The van der Waals surface area contributed by atoms with Crippen LogP contribution in [0.4, 0.5) is 0 Å². The smallest absolute Gasteiger partial charge is 0.232 e. The average Bonchev–Trinajstić information content (AvgIpc) is 2.31. The minimum Gasteiger partial charge on any atom is -0.494 e. The van der Waals surface area contributed by atoms with Gasteiger partial charge < -0.3 is 4.74 Å². The van der Waals surface area contributed by atoms with Gasteiger partial charge in [-0.05, 0) is 43.5 Å². The van der Waals surface area contributed by atoms with Crippen molar-refractivity contribution in [2.75, 3.05) is 12.4 Å². The predicted molar refractivity (Wildman–Crippen MR) is 82.5 cm³/mol. The molecular weight excluding hydrogens is 352 g/mol. The van der Waals surface area contributed by atoms with Crippen molar-refractivity contribution >= 4 is 35.7 Å². The predicted octanol–water partition coefficient (Wildman–Crippen LogP) is 4.27. The van der Waals surface area contributed by atoms with E-state index in [0.717, 1.165) is 35.0 Å². The Labute approximate surface area is 127 Å². The molecule has 0 heterocycles. The molecule has 0 radical (unpaired) electrons. The summed E-state index contributed by atoms with van der Waals surface area (Å²) in [6, 6.07) is 5.89. The van der Waals surface area contributed by atoms with Crippen molar-refractivity contribution in [3.63, 3.8) is 0 Å². The third-order valence-corrected chi connectivity index (χ3v) is 4.81. The van der Waals surface area contributed by atoms with Gasteiger partial charge in [0.2, 0.25) is 9.05 Å². The highest BCUT2D eigenvalue weighted by Gasteiger charge is 2.03. The van der Waals surface area contributed by atoms with Gasteiger partial charge in [0.1, 0.15) is 5.75 Å². The number of halogens is 2. The molecule has 0 spiro atoms. The third kappa shape index (κ3) is 7.80. The Kier molecular flexibility index (Phi) is 7.18. The summed E-state index contributed by atoms with van der Waals surface area (Å²) in [6.45, 7) is 2.66. The molecule has 0 saturated carbocycles. The first kappa shape index (κ1) is 16.8. The lowest BCUT2D eigenvalue weighted by atomic mass is 10.2. The average molecular weight is 370 g/mol. The summed E-state index contributed by atoms with van der Waals surface area (Å²) >= 11 is 3.44. The second-order valence-electron chi connectivity index (χ2n) is 4.42. The first-order valence-electron chi connectivity index (χ1n) is 6.20. The molecule has 0 unspecified atom stereocenters. The monoisotopic (exact) mass is 368 g/mol. The topological polar surface area (TPSA) is 43.4 Å². The normalized spacial score (nSPS) is 11.5. The summed E-state index contributed by atoms with van der Waals surface area (Å²) < 4.78 is 28.1. The number of benzene rings is 1. The summed E-state index contributed by atoms with van der Waals surface area (Å²) in [5, 5.41) is 0. The van der Waals surface area contributed by atoms with Crippen molar-refractivity contribution in [3.8, 4) is 5.75 Å². The molecule has 3 nitrogen and oxygen atoms in total. The minimum atomic E-state index is -3.33. The number of unbranched alkanes of at least 4 members (excludes halogenated alkanes) is 3. The second-order valence-corrected chi connectivity index (χ2v) is 8.17. The van der Waals surface area contributed by atoms with Crippen molar-refractivity contribution in [2.45, 2.75) is 32.6 Å². The van der Waals surface area contributed by atoms with Crippen molar-refractivity contribution < 1.29 is 13.2 Å². The lowest BCUT2D eigenvalue weighted by Gasteiger charge is -2.07. The van der Waals surface area contributed by atoms with Crippen LogP contribution in [0, 0.1) is 6.92 Å². The maximum Gasteiger partial charge on any atom is 0.232 e. The van der Waals surface area contributed by atoms with E-state index >= 15 is 0 Å². The number of aryl methyl sites for hydroxylation is 1. The van der Waals surface area contributed by atoms with Crippen LogP contribution in [0.1, 0.15) is 31.2 Å². The molecule has 0 N–H and O–H groups in total. The van der Waals surface area contributed by atoms with Crippen LogP contribution < -0.4 is 4.74 Å². The van der Waals surface area contributed by atoms with Crippen LogP contribution in [-0.2, 0) is 9.05 Å². The van der Waals surface area contributed by atoms with Crippen LogP contribution in [-0.4, -0.2) is 20.8 Å². The number of ether oxygens (including phenoxy) is 1. The lowest BCUT2D eigenvalue weighted by Crippen LogP contribution is -1.99. The highest BCUT2D eigenvalue weighted by atomic mass is 79.9. The highest BCUT2D eigenvalue weighted by molar-refractivity contribution is 9.10. The number of hydrogen-bond acceptors (Lipinski definition) is 3. The first-order chi connectivity index (χ1) is 8.88. The van der Waals surface area contributed by atoms with E-state index in [4.69, 9.17) is 15.4 Å². The Bertz CT molecular complexity index is 503. The summed E-state index contributed by atoms with van der Waals surface area (Å²) in [4.78, 5) is 0. The molecule has 108 valence electrons. The molecule has 0 fully saturated rings. The standard InChI is InChI=1S/C13H18BrClO3S/c1-11-10-12(6-7-13(11)14)18-8-4-2-3-5-9-19(15,16)17/h6-7,10H,2-5,8-9H2,1H3. The van der Waals surface area contributed by atoms with Crippen LogP contribution in [0.3, 0.4) is 0 Å². The molecule has 6 heteroatoms. The second kappa shape index (κ2) is 8.12. The quantitative estimate of drug-likeness (QED) is 0.508. The van der Waals surface area contributed by atoms with Crippen LogP contribution in [0.15, 0.2) is 22.7 Å². The van der Waals surface area contributed by atoms with Gasteiger partial charge in [-0.25, -0.2) is 8.42 Å². The number of rotatable bonds is 8. The van der Waals surface area contributed by atoms with Crippen molar-refractivity contribution in [1.82, 2.24) is 0 Å². The molecule has 1 aromatic carbocycles.